The number of para-hydroxylation sites is 1. The van der Waals surface area contributed by atoms with Gasteiger partial charge in [0.15, 0.2) is 17.5 Å². The topological polar surface area (TPSA) is 77.0 Å². The summed E-state index contributed by atoms with van der Waals surface area (Å²) in [5.74, 6) is 1.41. The van der Waals surface area contributed by atoms with Crippen LogP contribution in [0.4, 0.5) is 8.78 Å². The molecule has 4 rings (SSSR count). The second kappa shape index (κ2) is 11.1. The summed E-state index contributed by atoms with van der Waals surface area (Å²) in [5, 5.41) is 7.49. The third kappa shape index (κ3) is 5.67. The molecule has 1 aliphatic heterocycles. The molecule has 2 heterocycles. The van der Waals surface area contributed by atoms with Crippen LogP contribution < -0.4 is 24.8 Å². The van der Waals surface area contributed by atoms with Gasteiger partial charge < -0.3 is 24.8 Å². The normalized spacial score (nSPS) is 12.6. The van der Waals surface area contributed by atoms with Gasteiger partial charge in [-0.2, -0.15) is 8.78 Å². The monoisotopic (exact) mass is 556 g/mol. The number of halogens is 3. The maximum Gasteiger partial charge on any atom is 0.387 e. The first-order chi connectivity index (χ1) is 15.1. The molecular weight excluding hydrogens is 533 g/mol. The number of aromatic nitrogens is 1. The Morgan fingerprint density at radius 1 is 1.12 bits per heavy atom. The van der Waals surface area contributed by atoms with Crippen LogP contribution in [0.5, 0.6) is 17.2 Å². The Morgan fingerprint density at radius 3 is 2.69 bits per heavy atom. The van der Waals surface area contributed by atoms with E-state index in [4.69, 9.17) is 9.47 Å². The van der Waals surface area contributed by atoms with Crippen LogP contribution in [0.25, 0.3) is 10.9 Å². The van der Waals surface area contributed by atoms with Crippen molar-refractivity contribution in [3.63, 3.8) is 0 Å². The molecule has 2 N–H and O–H groups in total. The van der Waals surface area contributed by atoms with E-state index in [1.807, 2.05) is 37.3 Å². The quantitative estimate of drug-likeness (QED) is 0.255. The van der Waals surface area contributed by atoms with Crippen molar-refractivity contribution in [2.75, 3.05) is 13.3 Å². The zero-order valence-electron chi connectivity index (χ0n) is 17.3. The van der Waals surface area contributed by atoms with Crippen LogP contribution in [0.15, 0.2) is 53.7 Å². The van der Waals surface area contributed by atoms with Crippen LogP contribution in [-0.4, -0.2) is 30.9 Å². The van der Waals surface area contributed by atoms with Crippen LogP contribution in [0.1, 0.15) is 18.1 Å². The third-order valence-corrected chi connectivity index (χ3v) is 4.71. The van der Waals surface area contributed by atoms with E-state index in [0.717, 1.165) is 16.5 Å². The van der Waals surface area contributed by atoms with Gasteiger partial charge in [0.1, 0.15) is 5.75 Å². The average molecular weight is 556 g/mol. The van der Waals surface area contributed by atoms with Crippen LogP contribution in [0, 0.1) is 0 Å². The van der Waals surface area contributed by atoms with Crippen molar-refractivity contribution < 1.29 is 23.0 Å². The molecule has 0 radical (unpaired) electrons. The highest BCUT2D eigenvalue weighted by molar-refractivity contribution is 14.0. The first-order valence-corrected chi connectivity index (χ1v) is 9.86. The Balaban J connectivity index is 0.00000289. The number of benzene rings is 2. The number of guanidine groups is 1. The molecule has 0 saturated heterocycles. The minimum absolute atomic E-state index is 0. The number of nitrogens with one attached hydrogen (secondary N) is 2. The largest absolute Gasteiger partial charge is 0.454 e. The summed E-state index contributed by atoms with van der Waals surface area (Å²) in [7, 11) is 0. The van der Waals surface area contributed by atoms with Crippen LogP contribution in [0.2, 0.25) is 0 Å². The summed E-state index contributed by atoms with van der Waals surface area (Å²) < 4.78 is 40.9. The summed E-state index contributed by atoms with van der Waals surface area (Å²) in [6.45, 7) is 0.325. The van der Waals surface area contributed by atoms with E-state index in [1.54, 1.807) is 12.3 Å². The van der Waals surface area contributed by atoms with E-state index in [-0.39, 0.29) is 43.1 Å². The van der Waals surface area contributed by atoms with Crippen LogP contribution in [0.3, 0.4) is 0 Å². The molecule has 0 atom stereocenters. The lowest BCUT2D eigenvalue weighted by Gasteiger charge is -2.14. The number of hydrogen-bond acceptors (Lipinski definition) is 5. The molecule has 1 aliphatic rings. The molecule has 0 aliphatic carbocycles. The van der Waals surface area contributed by atoms with Gasteiger partial charge in [-0.1, -0.05) is 18.2 Å². The molecule has 0 amide bonds. The van der Waals surface area contributed by atoms with Crippen molar-refractivity contribution >= 4 is 40.8 Å². The molecule has 0 bridgehead atoms. The molecule has 1 aromatic heterocycles. The molecule has 170 valence electrons. The van der Waals surface area contributed by atoms with E-state index >= 15 is 0 Å². The molecule has 2 aromatic carbocycles. The maximum absolute atomic E-state index is 12.8. The lowest BCUT2D eigenvalue weighted by atomic mass is 10.1. The van der Waals surface area contributed by atoms with Gasteiger partial charge in [-0.15, -0.1) is 24.0 Å². The molecule has 0 unspecified atom stereocenters. The van der Waals surface area contributed by atoms with Gasteiger partial charge in [0.25, 0.3) is 0 Å². The number of alkyl halides is 2. The number of rotatable bonds is 7. The van der Waals surface area contributed by atoms with Crippen molar-refractivity contribution in [2.24, 2.45) is 4.99 Å². The lowest BCUT2D eigenvalue weighted by molar-refractivity contribution is -0.0505. The summed E-state index contributed by atoms with van der Waals surface area (Å²) >= 11 is 0. The minimum atomic E-state index is -2.95. The third-order valence-electron chi connectivity index (χ3n) is 4.71. The van der Waals surface area contributed by atoms with Gasteiger partial charge in [-0.05, 0) is 30.7 Å². The second-order valence-electron chi connectivity index (χ2n) is 6.73. The van der Waals surface area contributed by atoms with E-state index in [2.05, 4.69) is 25.3 Å². The molecule has 32 heavy (non-hydrogen) atoms. The molecule has 10 heteroatoms. The first kappa shape index (κ1) is 23.8. The van der Waals surface area contributed by atoms with Crippen LogP contribution in [-0.2, 0) is 13.1 Å². The smallest absolute Gasteiger partial charge is 0.387 e. The Labute approximate surface area is 201 Å². The molecule has 0 saturated carbocycles. The summed E-state index contributed by atoms with van der Waals surface area (Å²) in [6, 6.07) is 12.9. The molecule has 0 spiro atoms. The summed E-state index contributed by atoms with van der Waals surface area (Å²) in [6.07, 6.45) is 1.77. The lowest BCUT2D eigenvalue weighted by Crippen LogP contribution is -2.36. The van der Waals surface area contributed by atoms with Crippen LogP contribution >= 0.6 is 24.0 Å². The van der Waals surface area contributed by atoms with Gasteiger partial charge >= 0.3 is 6.61 Å². The van der Waals surface area contributed by atoms with Crippen molar-refractivity contribution in [2.45, 2.75) is 26.6 Å². The number of aliphatic imine (C=N–C) groups is 1. The number of nitrogens with zero attached hydrogens (tertiary/aromatic N) is 2. The Morgan fingerprint density at radius 2 is 1.91 bits per heavy atom. The zero-order chi connectivity index (χ0) is 21.6. The van der Waals surface area contributed by atoms with Gasteiger partial charge in [-0.25, -0.2) is 4.99 Å². The Kier molecular flexibility index (Phi) is 8.26. The van der Waals surface area contributed by atoms with E-state index in [9.17, 15) is 8.78 Å². The summed E-state index contributed by atoms with van der Waals surface area (Å²) in [5.41, 5.74) is 2.45. The predicted molar refractivity (Wildman–Crippen MR) is 128 cm³/mol. The van der Waals surface area contributed by atoms with Gasteiger partial charge in [0.2, 0.25) is 6.79 Å². The fourth-order valence-electron chi connectivity index (χ4n) is 3.29. The number of hydrogen-bond donors (Lipinski definition) is 2. The van der Waals surface area contributed by atoms with E-state index in [0.29, 0.717) is 36.1 Å². The average Bonchev–Trinajstić information content (AvgIpc) is 3.22. The maximum atomic E-state index is 12.8. The van der Waals surface area contributed by atoms with Gasteiger partial charge in [0.05, 0.1) is 12.1 Å². The first-order valence-electron chi connectivity index (χ1n) is 9.86. The van der Waals surface area contributed by atoms with E-state index in [1.165, 1.54) is 6.07 Å². The fourth-order valence-corrected chi connectivity index (χ4v) is 3.29. The number of pyridine rings is 1. The van der Waals surface area contributed by atoms with Crippen molar-refractivity contribution in [3.05, 3.63) is 59.8 Å². The number of fused-ring (bicyclic) bond motifs is 2. The second-order valence-corrected chi connectivity index (χ2v) is 6.73. The van der Waals surface area contributed by atoms with Crippen molar-refractivity contribution in [1.29, 1.82) is 0 Å². The molecule has 7 nitrogen and oxygen atoms in total. The minimum Gasteiger partial charge on any atom is -0.454 e. The molecule has 3 aromatic rings. The zero-order valence-corrected chi connectivity index (χ0v) is 19.6. The Bertz CT molecular complexity index is 1090. The van der Waals surface area contributed by atoms with Gasteiger partial charge in [-0.3, -0.25) is 4.98 Å². The van der Waals surface area contributed by atoms with Gasteiger partial charge in [0, 0.05) is 36.3 Å². The Hall–Kier alpha value is -2.89. The highest BCUT2D eigenvalue weighted by Gasteiger charge is 2.20. The van der Waals surface area contributed by atoms with Crippen molar-refractivity contribution in [1.82, 2.24) is 15.6 Å². The molecular formula is C22H23F2IN4O3. The molecule has 0 fully saturated rings. The summed E-state index contributed by atoms with van der Waals surface area (Å²) in [4.78, 5) is 8.90. The van der Waals surface area contributed by atoms with Crippen molar-refractivity contribution in [3.8, 4) is 17.2 Å². The highest BCUT2D eigenvalue weighted by atomic mass is 127. The van der Waals surface area contributed by atoms with E-state index < -0.39 is 6.61 Å². The fraction of sp³-hybridized carbons (Fsp3) is 0.273. The standard InChI is InChI=1S/C22H22F2N4O3.HI/c1-2-25-22(27-11-14-7-8-26-17-6-4-3-5-16(14)17)28-12-15-9-19-20(30-13-29-19)10-18(15)31-21(23)24;/h3-10,21H,2,11-13H2,1H3,(H2,25,27,28);1H. The predicted octanol–water partition coefficient (Wildman–Crippen LogP) is 4.44. The highest BCUT2D eigenvalue weighted by Crippen LogP contribution is 2.39. The SMILES string of the molecule is CCNC(=NCc1cc2c(cc1OC(F)F)OCO2)NCc1ccnc2ccccc12.I. The number of ether oxygens (including phenoxy) is 3.